The zero-order chi connectivity index (χ0) is 19.2. The van der Waals surface area contributed by atoms with Gasteiger partial charge >= 0.3 is 0 Å². The molecule has 3 aromatic rings. The number of hydrogen-bond acceptors (Lipinski definition) is 5. The van der Waals surface area contributed by atoms with Crippen molar-refractivity contribution in [2.45, 2.75) is 11.7 Å². The molecule has 1 amide bonds. The monoisotopic (exact) mass is 386 g/mol. The molecule has 0 spiro atoms. The molecule has 8 heteroatoms. The van der Waals surface area contributed by atoms with E-state index >= 15 is 0 Å². The maximum absolute atomic E-state index is 13.3. The molecule has 27 heavy (non-hydrogen) atoms. The Kier molecular flexibility index (Phi) is 6.08. The van der Waals surface area contributed by atoms with Crippen molar-refractivity contribution >= 4 is 17.7 Å². The molecule has 0 saturated heterocycles. The molecule has 1 heterocycles. The second kappa shape index (κ2) is 8.68. The highest BCUT2D eigenvalue weighted by Crippen LogP contribution is 2.22. The number of ether oxygens (including phenoxy) is 1. The molecule has 0 aliphatic carbocycles. The summed E-state index contributed by atoms with van der Waals surface area (Å²) in [5.41, 5.74) is 1.63. The maximum Gasteiger partial charge on any atom is 0.233 e. The standard InChI is InChI=1S/C19H19FN4O2S/c1-23(11-14-4-3-5-15(20)10-14)18(25)12-27-19-22-21-13-24(19)16-6-8-17(26-2)9-7-16/h3-10,13H,11-12H2,1-2H3. The van der Waals surface area contributed by atoms with E-state index in [1.165, 1.54) is 23.9 Å². The number of thioether (sulfide) groups is 1. The summed E-state index contributed by atoms with van der Waals surface area (Å²) in [7, 11) is 3.31. The molecule has 0 aliphatic rings. The van der Waals surface area contributed by atoms with Crippen LogP contribution in [0.2, 0.25) is 0 Å². The Labute approximate surface area is 161 Å². The van der Waals surface area contributed by atoms with Crippen molar-refractivity contribution in [1.82, 2.24) is 19.7 Å². The molecular weight excluding hydrogens is 367 g/mol. The second-order valence-corrected chi connectivity index (χ2v) is 6.79. The Morgan fingerprint density at radius 1 is 1.26 bits per heavy atom. The second-order valence-electron chi connectivity index (χ2n) is 5.85. The summed E-state index contributed by atoms with van der Waals surface area (Å²) in [5.74, 6) is 0.583. The van der Waals surface area contributed by atoms with Gasteiger partial charge in [-0.2, -0.15) is 0 Å². The summed E-state index contributed by atoms with van der Waals surface area (Å²) in [6.45, 7) is 0.350. The lowest BCUT2D eigenvalue weighted by Crippen LogP contribution is -2.27. The van der Waals surface area contributed by atoms with Crippen molar-refractivity contribution in [3.05, 3.63) is 66.2 Å². The molecule has 1 aromatic heterocycles. The molecule has 0 unspecified atom stereocenters. The van der Waals surface area contributed by atoms with Gasteiger partial charge in [0, 0.05) is 19.3 Å². The minimum Gasteiger partial charge on any atom is -0.497 e. The van der Waals surface area contributed by atoms with Gasteiger partial charge in [0.1, 0.15) is 17.9 Å². The van der Waals surface area contributed by atoms with Gasteiger partial charge in [0.15, 0.2) is 5.16 Å². The normalized spacial score (nSPS) is 10.6. The van der Waals surface area contributed by atoms with Crippen molar-refractivity contribution in [2.24, 2.45) is 0 Å². The third-order valence-corrected chi connectivity index (χ3v) is 4.85. The first kappa shape index (κ1) is 18.9. The molecule has 6 nitrogen and oxygen atoms in total. The van der Waals surface area contributed by atoms with Crippen LogP contribution in [-0.2, 0) is 11.3 Å². The predicted octanol–water partition coefficient (Wildman–Crippen LogP) is 3.17. The summed E-state index contributed by atoms with van der Waals surface area (Å²) < 4.78 is 20.2. The van der Waals surface area contributed by atoms with Gasteiger partial charge in [0.25, 0.3) is 0 Å². The van der Waals surface area contributed by atoms with E-state index in [9.17, 15) is 9.18 Å². The van der Waals surface area contributed by atoms with Crippen molar-refractivity contribution in [2.75, 3.05) is 19.9 Å². The third-order valence-electron chi connectivity index (χ3n) is 3.93. The lowest BCUT2D eigenvalue weighted by Gasteiger charge is -2.17. The van der Waals surface area contributed by atoms with E-state index < -0.39 is 0 Å². The van der Waals surface area contributed by atoms with Crippen LogP contribution < -0.4 is 4.74 Å². The zero-order valence-electron chi connectivity index (χ0n) is 15.0. The lowest BCUT2D eigenvalue weighted by molar-refractivity contribution is -0.127. The van der Waals surface area contributed by atoms with Gasteiger partial charge < -0.3 is 9.64 Å². The van der Waals surface area contributed by atoms with E-state index in [2.05, 4.69) is 10.2 Å². The molecule has 0 saturated carbocycles. The van der Waals surface area contributed by atoms with Crippen molar-refractivity contribution < 1.29 is 13.9 Å². The number of carbonyl (C=O) groups excluding carboxylic acids is 1. The van der Waals surface area contributed by atoms with Gasteiger partial charge in [-0.25, -0.2) is 4.39 Å². The van der Waals surface area contributed by atoms with E-state index in [1.54, 1.807) is 37.5 Å². The summed E-state index contributed by atoms with van der Waals surface area (Å²) in [6.07, 6.45) is 1.60. The molecular formula is C19H19FN4O2S. The average molecular weight is 386 g/mol. The van der Waals surface area contributed by atoms with Crippen LogP contribution in [0.25, 0.3) is 5.69 Å². The minimum absolute atomic E-state index is 0.0754. The van der Waals surface area contributed by atoms with Crippen molar-refractivity contribution in [1.29, 1.82) is 0 Å². The number of aromatic nitrogens is 3. The highest BCUT2D eigenvalue weighted by atomic mass is 32.2. The van der Waals surface area contributed by atoms with E-state index in [0.717, 1.165) is 17.0 Å². The number of methoxy groups -OCH3 is 1. The first-order valence-electron chi connectivity index (χ1n) is 8.22. The van der Waals surface area contributed by atoms with Crippen LogP contribution in [-0.4, -0.2) is 45.5 Å². The highest BCUT2D eigenvalue weighted by molar-refractivity contribution is 7.99. The lowest BCUT2D eigenvalue weighted by atomic mass is 10.2. The molecule has 3 rings (SSSR count). The van der Waals surface area contributed by atoms with Gasteiger partial charge in [-0.1, -0.05) is 23.9 Å². The molecule has 140 valence electrons. The molecule has 0 fully saturated rings. The first-order valence-corrected chi connectivity index (χ1v) is 9.21. The van der Waals surface area contributed by atoms with E-state index in [0.29, 0.717) is 11.7 Å². The average Bonchev–Trinajstić information content (AvgIpc) is 3.14. The smallest absolute Gasteiger partial charge is 0.233 e. The SMILES string of the molecule is COc1ccc(-n2cnnc2SCC(=O)N(C)Cc2cccc(F)c2)cc1. The van der Waals surface area contributed by atoms with Gasteiger partial charge in [-0.3, -0.25) is 9.36 Å². The Morgan fingerprint density at radius 2 is 2.04 bits per heavy atom. The van der Waals surface area contributed by atoms with Crippen LogP contribution in [0, 0.1) is 5.82 Å². The Bertz CT molecular complexity index is 914. The van der Waals surface area contributed by atoms with Gasteiger partial charge in [0.05, 0.1) is 12.9 Å². The Balaban J connectivity index is 1.61. The highest BCUT2D eigenvalue weighted by Gasteiger charge is 2.14. The molecule has 0 aliphatic heterocycles. The quantitative estimate of drug-likeness (QED) is 0.584. The van der Waals surface area contributed by atoms with Crippen LogP contribution in [0.15, 0.2) is 60.0 Å². The summed E-state index contributed by atoms with van der Waals surface area (Å²) in [5, 5.41) is 8.64. The fourth-order valence-corrected chi connectivity index (χ4v) is 3.35. The Morgan fingerprint density at radius 3 is 2.74 bits per heavy atom. The van der Waals surface area contributed by atoms with Crippen LogP contribution >= 0.6 is 11.8 Å². The molecule has 0 radical (unpaired) electrons. The molecule has 2 aromatic carbocycles. The number of halogens is 1. The third kappa shape index (κ3) is 4.85. The van der Waals surface area contributed by atoms with Crippen LogP contribution in [0.5, 0.6) is 5.75 Å². The van der Waals surface area contributed by atoms with Gasteiger partial charge in [0.2, 0.25) is 5.91 Å². The minimum atomic E-state index is -0.310. The zero-order valence-corrected chi connectivity index (χ0v) is 15.8. The molecule has 0 bridgehead atoms. The van der Waals surface area contributed by atoms with Crippen molar-refractivity contribution in [3.8, 4) is 11.4 Å². The summed E-state index contributed by atoms with van der Waals surface area (Å²) in [4.78, 5) is 14.0. The summed E-state index contributed by atoms with van der Waals surface area (Å²) in [6, 6.07) is 13.7. The number of amides is 1. The number of nitrogens with zero attached hydrogens (tertiary/aromatic N) is 4. The molecule has 0 N–H and O–H groups in total. The van der Waals surface area contributed by atoms with Crippen LogP contribution in [0.1, 0.15) is 5.56 Å². The van der Waals surface area contributed by atoms with Crippen LogP contribution in [0.4, 0.5) is 4.39 Å². The first-order chi connectivity index (χ1) is 13.1. The topological polar surface area (TPSA) is 60.2 Å². The van der Waals surface area contributed by atoms with Gasteiger partial charge in [-0.05, 0) is 42.0 Å². The number of benzene rings is 2. The van der Waals surface area contributed by atoms with Gasteiger partial charge in [-0.15, -0.1) is 10.2 Å². The Hall–Kier alpha value is -2.87. The summed E-state index contributed by atoms with van der Waals surface area (Å²) >= 11 is 1.30. The predicted molar refractivity (Wildman–Crippen MR) is 102 cm³/mol. The van der Waals surface area contributed by atoms with E-state index in [1.807, 2.05) is 28.8 Å². The van der Waals surface area contributed by atoms with Crippen molar-refractivity contribution in [3.63, 3.8) is 0 Å². The number of rotatable bonds is 7. The maximum atomic E-state index is 13.3. The fourth-order valence-electron chi connectivity index (χ4n) is 2.48. The number of hydrogen-bond donors (Lipinski definition) is 0. The van der Waals surface area contributed by atoms with E-state index in [-0.39, 0.29) is 17.5 Å². The fraction of sp³-hybridized carbons (Fsp3) is 0.211. The van der Waals surface area contributed by atoms with Crippen LogP contribution in [0.3, 0.4) is 0 Å². The molecule has 0 atom stereocenters. The number of carbonyl (C=O) groups is 1. The van der Waals surface area contributed by atoms with E-state index in [4.69, 9.17) is 4.74 Å². The largest absolute Gasteiger partial charge is 0.497 e.